The summed E-state index contributed by atoms with van der Waals surface area (Å²) in [7, 11) is 1.53. The number of hydrogen-bond donors (Lipinski definition) is 2. The lowest BCUT2D eigenvalue weighted by Gasteiger charge is -2.10. The van der Waals surface area contributed by atoms with Gasteiger partial charge in [-0.2, -0.15) is 0 Å². The van der Waals surface area contributed by atoms with Gasteiger partial charge in [0.2, 0.25) is 5.91 Å². The maximum atomic E-state index is 12.1. The molecule has 0 saturated carbocycles. The molecule has 6 heteroatoms. The van der Waals surface area contributed by atoms with Crippen LogP contribution in [0, 0.1) is 6.92 Å². The largest absolute Gasteiger partial charge is 0.493 e. The van der Waals surface area contributed by atoms with Crippen LogP contribution in [0.5, 0.6) is 5.75 Å². The zero-order valence-corrected chi connectivity index (χ0v) is 15.0. The van der Waals surface area contributed by atoms with Crippen LogP contribution in [0.1, 0.15) is 34.3 Å². The highest BCUT2D eigenvalue weighted by atomic mass is 16.5. The smallest absolute Gasteiger partial charge is 0.335 e. The Kier molecular flexibility index (Phi) is 7.17. The van der Waals surface area contributed by atoms with Gasteiger partial charge in [-0.05, 0) is 48.7 Å². The summed E-state index contributed by atoms with van der Waals surface area (Å²) in [4.78, 5) is 23.3. The third kappa shape index (κ3) is 5.89. The normalized spacial score (nSPS) is 10.4. The Hall–Kier alpha value is -2.86. The number of carbonyl (C=O) groups is 2. The van der Waals surface area contributed by atoms with Crippen molar-refractivity contribution in [3.63, 3.8) is 0 Å². The molecule has 0 heterocycles. The number of nitrogens with one attached hydrogen (secondary N) is 1. The quantitative estimate of drug-likeness (QED) is 0.669. The van der Waals surface area contributed by atoms with Crippen LogP contribution in [0.15, 0.2) is 42.5 Å². The molecule has 0 fully saturated rings. The fraction of sp³-hybridized carbons (Fsp3) is 0.300. The van der Waals surface area contributed by atoms with Crippen molar-refractivity contribution < 1.29 is 24.2 Å². The minimum Gasteiger partial charge on any atom is -0.493 e. The highest BCUT2D eigenvalue weighted by Crippen LogP contribution is 2.18. The third-order valence-electron chi connectivity index (χ3n) is 3.73. The minimum atomic E-state index is -1.05. The van der Waals surface area contributed by atoms with Crippen molar-refractivity contribution in [1.82, 2.24) is 0 Å². The van der Waals surface area contributed by atoms with E-state index in [2.05, 4.69) is 5.32 Å². The van der Waals surface area contributed by atoms with Crippen LogP contribution in [0.3, 0.4) is 0 Å². The average Bonchev–Trinajstić information content (AvgIpc) is 2.60. The fourth-order valence-corrected chi connectivity index (χ4v) is 2.49. The fourth-order valence-electron chi connectivity index (χ4n) is 2.49. The zero-order valence-electron chi connectivity index (χ0n) is 15.0. The van der Waals surface area contributed by atoms with Crippen molar-refractivity contribution in [3.8, 4) is 5.75 Å². The SMILES string of the molecule is COCc1cc(NC(=O)CCCOc2ccccc2C)cc(C(=O)O)c1. The molecule has 26 heavy (non-hydrogen) atoms. The number of benzene rings is 2. The number of anilines is 1. The molecule has 1 amide bonds. The van der Waals surface area contributed by atoms with Gasteiger partial charge in [0.05, 0.1) is 18.8 Å². The Bertz CT molecular complexity index is 773. The highest BCUT2D eigenvalue weighted by Gasteiger charge is 2.10. The van der Waals surface area contributed by atoms with E-state index < -0.39 is 5.97 Å². The number of ether oxygens (including phenoxy) is 2. The second kappa shape index (κ2) is 9.58. The maximum Gasteiger partial charge on any atom is 0.335 e. The predicted molar refractivity (Wildman–Crippen MR) is 98.7 cm³/mol. The lowest BCUT2D eigenvalue weighted by Crippen LogP contribution is -2.14. The summed E-state index contributed by atoms with van der Waals surface area (Å²) in [5, 5.41) is 11.9. The average molecular weight is 357 g/mol. The molecule has 2 rings (SSSR count). The van der Waals surface area contributed by atoms with Gasteiger partial charge in [-0.1, -0.05) is 18.2 Å². The number of methoxy groups -OCH3 is 1. The summed E-state index contributed by atoms with van der Waals surface area (Å²) < 4.78 is 10.7. The molecular formula is C20H23NO5. The van der Waals surface area contributed by atoms with E-state index in [0.29, 0.717) is 24.3 Å². The van der Waals surface area contributed by atoms with E-state index in [1.165, 1.54) is 19.2 Å². The first kappa shape index (κ1) is 19.5. The number of rotatable bonds is 9. The molecule has 0 bridgehead atoms. The topological polar surface area (TPSA) is 84.9 Å². The van der Waals surface area contributed by atoms with Crippen LogP contribution in [-0.4, -0.2) is 30.7 Å². The lowest BCUT2D eigenvalue weighted by molar-refractivity contribution is -0.116. The van der Waals surface area contributed by atoms with E-state index in [-0.39, 0.29) is 24.5 Å². The molecular weight excluding hydrogens is 334 g/mol. The van der Waals surface area contributed by atoms with Crippen LogP contribution >= 0.6 is 0 Å². The Morgan fingerprint density at radius 1 is 1.15 bits per heavy atom. The number of aryl methyl sites for hydroxylation is 1. The van der Waals surface area contributed by atoms with Gasteiger partial charge in [-0.15, -0.1) is 0 Å². The Morgan fingerprint density at radius 3 is 2.62 bits per heavy atom. The first-order valence-corrected chi connectivity index (χ1v) is 8.34. The third-order valence-corrected chi connectivity index (χ3v) is 3.73. The summed E-state index contributed by atoms with van der Waals surface area (Å²) in [6.45, 7) is 2.67. The van der Waals surface area contributed by atoms with Crippen molar-refractivity contribution in [1.29, 1.82) is 0 Å². The number of carboxylic acid groups (broad SMARTS) is 1. The second-order valence-corrected chi connectivity index (χ2v) is 5.92. The Balaban J connectivity index is 1.87. The second-order valence-electron chi connectivity index (χ2n) is 5.92. The molecule has 2 aromatic carbocycles. The number of amides is 1. The number of carboxylic acids is 1. The molecule has 2 aromatic rings. The van der Waals surface area contributed by atoms with Crippen LogP contribution in [0.25, 0.3) is 0 Å². The van der Waals surface area contributed by atoms with Gasteiger partial charge in [-0.25, -0.2) is 4.79 Å². The van der Waals surface area contributed by atoms with E-state index >= 15 is 0 Å². The Morgan fingerprint density at radius 2 is 1.92 bits per heavy atom. The predicted octanol–water partition coefficient (Wildman–Crippen LogP) is 3.64. The summed E-state index contributed by atoms with van der Waals surface area (Å²) in [6, 6.07) is 12.4. The van der Waals surface area contributed by atoms with Crippen LogP contribution in [0.2, 0.25) is 0 Å². The monoisotopic (exact) mass is 357 g/mol. The summed E-state index contributed by atoms with van der Waals surface area (Å²) in [5.74, 6) is -0.430. The molecule has 0 atom stereocenters. The lowest BCUT2D eigenvalue weighted by atomic mass is 10.1. The molecule has 0 aliphatic rings. The molecule has 0 spiro atoms. The van der Waals surface area contributed by atoms with E-state index in [1.54, 1.807) is 6.07 Å². The Labute approximate surface area is 152 Å². The van der Waals surface area contributed by atoms with Gasteiger partial charge in [-0.3, -0.25) is 4.79 Å². The molecule has 2 N–H and O–H groups in total. The first-order chi connectivity index (χ1) is 12.5. The standard InChI is InChI=1S/C20H23NO5/c1-14-6-3-4-7-18(14)26-9-5-8-19(22)21-17-11-15(13-25-2)10-16(12-17)20(23)24/h3-4,6-7,10-12H,5,8-9,13H2,1-2H3,(H,21,22)(H,23,24). The summed E-state index contributed by atoms with van der Waals surface area (Å²) in [5.41, 5.74) is 2.29. The minimum absolute atomic E-state index is 0.109. The molecule has 0 unspecified atom stereocenters. The van der Waals surface area contributed by atoms with Crippen LogP contribution < -0.4 is 10.1 Å². The van der Waals surface area contributed by atoms with Gasteiger partial charge >= 0.3 is 5.97 Å². The van der Waals surface area contributed by atoms with Crippen molar-refractivity contribution in [2.24, 2.45) is 0 Å². The molecule has 138 valence electrons. The van der Waals surface area contributed by atoms with Gasteiger partial charge < -0.3 is 19.9 Å². The number of para-hydroxylation sites is 1. The van der Waals surface area contributed by atoms with Crippen molar-refractivity contribution in [2.75, 3.05) is 19.0 Å². The zero-order chi connectivity index (χ0) is 18.9. The molecule has 0 aliphatic carbocycles. The molecule has 0 radical (unpaired) electrons. The number of hydrogen-bond acceptors (Lipinski definition) is 4. The summed E-state index contributed by atoms with van der Waals surface area (Å²) in [6.07, 6.45) is 0.840. The molecule has 0 aromatic heterocycles. The van der Waals surface area contributed by atoms with Crippen LogP contribution in [-0.2, 0) is 16.1 Å². The van der Waals surface area contributed by atoms with Crippen molar-refractivity contribution in [2.45, 2.75) is 26.4 Å². The van der Waals surface area contributed by atoms with E-state index in [1.807, 2.05) is 31.2 Å². The maximum absolute atomic E-state index is 12.1. The molecule has 0 saturated heterocycles. The van der Waals surface area contributed by atoms with E-state index in [9.17, 15) is 9.59 Å². The van der Waals surface area contributed by atoms with Gasteiger partial charge in [0.15, 0.2) is 0 Å². The van der Waals surface area contributed by atoms with Gasteiger partial charge in [0, 0.05) is 19.2 Å². The number of carbonyl (C=O) groups excluding carboxylic acids is 1. The number of aromatic carboxylic acids is 1. The van der Waals surface area contributed by atoms with Gasteiger partial charge in [0.1, 0.15) is 5.75 Å². The first-order valence-electron chi connectivity index (χ1n) is 8.34. The molecule has 6 nitrogen and oxygen atoms in total. The van der Waals surface area contributed by atoms with E-state index in [4.69, 9.17) is 14.6 Å². The van der Waals surface area contributed by atoms with Crippen molar-refractivity contribution in [3.05, 3.63) is 59.2 Å². The summed E-state index contributed by atoms with van der Waals surface area (Å²) >= 11 is 0. The van der Waals surface area contributed by atoms with E-state index in [0.717, 1.165) is 11.3 Å². The highest BCUT2D eigenvalue weighted by molar-refractivity contribution is 5.94. The van der Waals surface area contributed by atoms with Crippen molar-refractivity contribution >= 4 is 17.6 Å². The van der Waals surface area contributed by atoms with Crippen LogP contribution in [0.4, 0.5) is 5.69 Å². The molecule has 0 aliphatic heterocycles. The van der Waals surface area contributed by atoms with Gasteiger partial charge in [0.25, 0.3) is 0 Å².